The van der Waals surface area contributed by atoms with E-state index in [1.807, 2.05) is 58.0 Å². The van der Waals surface area contributed by atoms with Crippen LogP contribution >= 0.6 is 11.3 Å². The zero-order valence-electron chi connectivity index (χ0n) is 24.1. The monoisotopic (exact) mass is 587 g/mol. The van der Waals surface area contributed by atoms with Crippen molar-refractivity contribution in [2.45, 2.75) is 57.7 Å². The molecule has 1 amide bonds. The average Bonchev–Trinajstić information content (AvgIpc) is 3.60. The Morgan fingerprint density at radius 1 is 0.929 bits per heavy atom. The Hall–Kier alpha value is -3.73. The summed E-state index contributed by atoms with van der Waals surface area (Å²) in [6.07, 6.45) is 0.997. The predicted molar refractivity (Wildman–Crippen MR) is 163 cm³/mol. The highest BCUT2D eigenvalue weighted by molar-refractivity contribution is 7.15. The molecule has 0 saturated carbocycles. The second kappa shape index (κ2) is 11.9. The van der Waals surface area contributed by atoms with Crippen LogP contribution in [0.5, 0.6) is 0 Å². The number of carbonyl (C=O) groups excluding carboxylic acids is 2. The van der Waals surface area contributed by atoms with Gasteiger partial charge in [0.2, 0.25) is 0 Å². The quantitative estimate of drug-likeness (QED) is 0.210. The molecule has 0 unspecified atom stereocenters. The van der Waals surface area contributed by atoms with Crippen molar-refractivity contribution in [2.75, 3.05) is 13.2 Å². The van der Waals surface area contributed by atoms with E-state index in [9.17, 15) is 14.4 Å². The van der Waals surface area contributed by atoms with Crippen LogP contribution < -0.4 is 5.32 Å². The van der Waals surface area contributed by atoms with Gasteiger partial charge in [0.15, 0.2) is 5.78 Å². The molecule has 1 aliphatic carbocycles. The summed E-state index contributed by atoms with van der Waals surface area (Å²) >= 11 is 1.25. The van der Waals surface area contributed by atoms with Crippen LogP contribution in [0.3, 0.4) is 0 Å². The highest BCUT2D eigenvalue weighted by Gasteiger charge is 2.52. The molecular formula is C32H34BNO7S. The number of ether oxygens (including phenoxy) is 1. The van der Waals surface area contributed by atoms with Crippen molar-refractivity contribution in [1.29, 1.82) is 0 Å². The molecule has 1 saturated heterocycles. The first-order valence-electron chi connectivity index (χ1n) is 13.9. The van der Waals surface area contributed by atoms with E-state index >= 15 is 0 Å². The Kier molecular flexibility index (Phi) is 8.41. The minimum Gasteiger partial charge on any atom is -0.481 e. The number of ketones is 1. The molecule has 2 aliphatic rings. The number of carboxylic acids is 1. The maximum atomic E-state index is 12.9. The SMILES string of the molecule is CC1(C)OB(C(=Cc2ccc(C(=O)CCC(=O)O)s2)CNC(=O)OCC2c3ccccc3-c3ccccc32)OC1(C)C. The molecule has 218 valence electrons. The van der Waals surface area contributed by atoms with E-state index in [0.717, 1.165) is 27.1 Å². The third-order valence-electron chi connectivity index (χ3n) is 8.13. The van der Waals surface area contributed by atoms with Gasteiger partial charge in [-0.05, 0) is 73.6 Å². The molecule has 0 bridgehead atoms. The van der Waals surface area contributed by atoms with E-state index in [1.165, 1.54) is 11.3 Å². The lowest BCUT2D eigenvalue weighted by Crippen LogP contribution is -2.41. The van der Waals surface area contributed by atoms with Crippen LogP contribution in [0, 0.1) is 0 Å². The molecule has 3 aromatic rings. The van der Waals surface area contributed by atoms with Crippen molar-refractivity contribution >= 4 is 42.4 Å². The summed E-state index contributed by atoms with van der Waals surface area (Å²) in [6, 6.07) is 19.8. The van der Waals surface area contributed by atoms with Crippen molar-refractivity contribution in [3.05, 3.63) is 87.0 Å². The van der Waals surface area contributed by atoms with Gasteiger partial charge >= 0.3 is 19.2 Å². The summed E-state index contributed by atoms with van der Waals surface area (Å²) in [5.41, 5.74) is 4.07. The number of amides is 1. The minimum atomic E-state index is -1.01. The summed E-state index contributed by atoms with van der Waals surface area (Å²) in [4.78, 5) is 37.5. The molecule has 10 heteroatoms. The first-order valence-corrected chi connectivity index (χ1v) is 14.8. The van der Waals surface area contributed by atoms with Gasteiger partial charge in [0.1, 0.15) is 6.61 Å². The molecule has 5 rings (SSSR count). The number of nitrogens with one attached hydrogen (secondary N) is 1. The van der Waals surface area contributed by atoms with E-state index < -0.39 is 30.4 Å². The minimum absolute atomic E-state index is 0.0514. The zero-order valence-corrected chi connectivity index (χ0v) is 25.0. The molecule has 8 nitrogen and oxygen atoms in total. The highest BCUT2D eigenvalue weighted by atomic mass is 32.1. The van der Waals surface area contributed by atoms with E-state index in [0.29, 0.717) is 10.3 Å². The van der Waals surface area contributed by atoms with Gasteiger partial charge in [-0.25, -0.2) is 4.79 Å². The van der Waals surface area contributed by atoms with Crippen LogP contribution in [-0.2, 0) is 18.8 Å². The lowest BCUT2D eigenvalue weighted by molar-refractivity contribution is -0.136. The summed E-state index contributed by atoms with van der Waals surface area (Å²) in [5, 5.41) is 11.8. The second-order valence-electron chi connectivity index (χ2n) is 11.5. The lowest BCUT2D eigenvalue weighted by Gasteiger charge is -2.32. The summed E-state index contributed by atoms with van der Waals surface area (Å²) in [5.74, 6) is -1.29. The number of Topliss-reactive ketones (excluding diaryl/α,β-unsaturated/α-hetero) is 1. The number of fused-ring (bicyclic) bond motifs is 3. The molecule has 1 aliphatic heterocycles. The fourth-order valence-corrected chi connectivity index (χ4v) is 6.08. The maximum Gasteiger partial charge on any atom is 0.492 e. The van der Waals surface area contributed by atoms with Crippen molar-refractivity contribution in [3.8, 4) is 11.1 Å². The van der Waals surface area contributed by atoms with Crippen LogP contribution in [0.25, 0.3) is 17.2 Å². The fourth-order valence-electron chi connectivity index (χ4n) is 5.13. The molecule has 2 N–H and O–H groups in total. The zero-order chi connectivity index (χ0) is 30.1. The number of rotatable bonds is 10. The largest absolute Gasteiger partial charge is 0.492 e. The van der Waals surface area contributed by atoms with Gasteiger partial charge in [-0.2, -0.15) is 0 Å². The smallest absolute Gasteiger partial charge is 0.481 e. The van der Waals surface area contributed by atoms with Gasteiger partial charge in [0.05, 0.1) is 22.5 Å². The first kappa shape index (κ1) is 29.8. The number of hydrogen-bond acceptors (Lipinski definition) is 7. The third kappa shape index (κ3) is 6.21. The van der Waals surface area contributed by atoms with Gasteiger partial charge < -0.3 is 24.5 Å². The Morgan fingerprint density at radius 3 is 2.12 bits per heavy atom. The topological polar surface area (TPSA) is 111 Å². The van der Waals surface area contributed by atoms with Crippen molar-refractivity contribution in [3.63, 3.8) is 0 Å². The Balaban J connectivity index is 1.29. The van der Waals surface area contributed by atoms with E-state index in [1.54, 1.807) is 12.1 Å². The molecule has 1 fully saturated rings. The van der Waals surface area contributed by atoms with Gasteiger partial charge in [0, 0.05) is 23.8 Å². The maximum absolute atomic E-state index is 12.9. The van der Waals surface area contributed by atoms with Crippen LogP contribution in [0.1, 0.15) is 72.1 Å². The third-order valence-corrected chi connectivity index (χ3v) is 9.21. The van der Waals surface area contributed by atoms with Gasteiger partial charge in [-0.15, -0.1) is 11.3 Å². The number of carbonyl (C=O) groups is 3. The molecule has 0 radical (unpaired) electrons. The molecule has 1 aromatic heterocycles. The summed E-state index contributed by atoms with van der Waals surface area (Å²) in [6.45, 7) is 8.11. The molecule has 42 heavy (non-hydrogen) atoms. The molecule has 2 heterocycles. The predicted octanol–water partition coefficient (Wildman–Crippen LogP) is 6.35. The van der Waals surface area contributed by atoms with Crippen LogP contribution in [0.4, 0.5) is 4.79 Å². The van der Waals surface area contributed by atoms with Crippen LogP contribution in [-0.4, -0.2) is 54.4 Å². The average molecular weight is 588 g/mol. The van der Waals surface area contributed by atoms with E-state index in [2.05, 4.69) is 29.6 Å². The lowest BCUT2D eigenvalue weighted by atomic mass is 9.77. The summed E-state index contributed by atoms with van der Waals surface area (Å²) < 4.78 is 18.2. The number of carboxylic acid groups (broad SMARTS) is 1. The number of alkyl carbamates (subject to hydrolysis) is 1. The number of benzene rings is 2. The van der Waals surface area contributed by atoms with E-state index in [-0.39, 0.29) is 37.7 Å². The van der Waals surface area contributed by atoms with Crippen molar-refractivity contribution in [2.24, 2.45) is 0 Å². The van der Waals surface area contributed by atoms with Crippen molar-refractivity contribution in [1.82, 2.24) is 5.32 Å². The van der Waals surface area contributed by atoms with Crippen molar-refractivity contribution < 1.29 is 33.5 Å². The number of thiophene rings is 1. The molecule has 0 spiro atoms. The molecule has 2 aromatic carbocycles. The Bertz CT molecular complexity index is 1480. The van der Waals surface area contributed by atoms with Gasteiger partial charge in [-0.3, -0.25) is 9.59 Å². The van der Waals surface area contributed by atoms with Gasteiger partial charge in [0.25, 0.3) is 0 Å². The van der Waals surface area contributed by atoms with Gasteiger partial charge in [-0.1, -0.05) is 48.5 Å². The normalized spacial score (nSPS) is 17.0. The highest BCUT2D eigenvalue weighted by Crippen LogP contribution is 2.44. The Labute approximate surface area is 249 Å². The van der Waals surface area contributed by atoms with Crippen LogP contribution in [0.15, 0.2) is 66.1 Å². The first-order chi connectivity index (χ1) is 19.9. The van der Waals surface area contributed by atoms with Crippen LogP contribution in [0.2, 0.25) is 0 Å². The second-order valence-corrected chi connectivity index (χ2v) is 12.6. The molecular weight excluding hydrogens is 553 g/mol. The Morgan fingerprint density at radius 2 is 1.52 bits per heavy atom. The molecule has 0 atom stereocenters. The number of hydrogen-bond donors (Lipinski definition) is 2. The standard InChI is InChI=1S/C32H34BNO7S/c1-31(2)32(3,4)41-33(40-31)20(17-21-13-15-28(42-21)27(35)14-16-29(36)37)18-34-30(38)39-19-26-24-11-7-5-9-22(24)23-10-6-8-12-25(23)26/h5-13,15,17,26H,14,16,18-19H2,1-4H3,(H,34,38)(H,36,37). The number of aliphatic carboxylic acids is 1. The van der Waals surface area contributed by atoms with E-state index in [4.69, 9.17) is 19.2 Å². The summed E-state index contributed by atoms with van der Waals surface area (Å²) in [7, 11) is -0.725. The fraction of sp³-hybridized carbons (Fsp3) is 0.344.